The van der Waals surface area contributed by atoms with Crippen LogP contribution in [-0.4, -0.2) is 47.7 Å². The number of fused-ring (bicyclic) bond motifs is 1. The molecule has 0 bridgehead atoms. The van der Waals surface area contributed by atoms with Crippen molar-refractivity contribution in [3.8, 4) is 0 Å². The van der Waals surface area contributed by atoms with Crippen molar-refractivity contribution in [3.05, 3.63) is 0 Å². The first-order valence-electron chi connectivity index (χ1n) is 10.9. The number of carboxylic acid groups (broad SMARTS) is 1. The van der Waals surface area contributed by atoms with Gasteiger partial charge in [0.15, 0.2) is 6.17 Å². The van der Waals surface area contributed by atoms with Crippen molar-refractivity contribution in [2.75, 3.05) is 0 Å². The van der Waals surface area contributed by atoms with E-state index in [1.807, 2.05) is 0 Å². The van der Waals surface area contributed by atoms with Crippen molar-refractivity contribution in [2.24, 2.45) is 41.2 Å². The van der Waals surface area contributed by atoms with Crippen LogP contribution >= 0.6 is 0 Å². The minimum absolute atomic E-state index is 0.0953. The Morgan fingerprint density at radius 2 is 1.81 bits per heavy atom. The molecule has 0 heterocycles. The standard InChI is InChI=1S/C21H32FNO8/c1-9(2)12-6-5-10(3)7-14(12)30-20(27)29-11(4)28-18(24)16-13-8-15(22)21(23,17(13)16)31-19(25)26/h9-17H,5-8,23H2,1-4H3,(H,25,26)/t10-,11+,12+,13+,14-,15+,16+,17+,21-/m1/s1. The van der Waals surface area contributed by atoms with E-state index in [1.54, 1.807) is 0 Å². The van der Waals surface area contributed by atoms with Gasteiger partial charge in [0.2, 0.25) is 12.0 Å². The molecule has 3 rings (SSSR count). The summed E-state index contributed by atoms with van der Waals surface area (Å²) in [6.45, 7) is 7.67. The van der Waals surface area contributed by atoms with Gasteiger partial charge in [-0.2, -0.15) is 0 Å². The molecule has 10 heteroatoms. The quantitative estimate of drug-likeness (QED) is 0.358. The largest absolute Gasteiger partial charge is 0.511 e. The average Bonchev–Trinajstić information content (AvgIpc) is 3.28. The second-order valence-corrected chi connectivity index (χ2v) is 9.49. The fraction of sp³-hybridized carbons (Fsp3) is 0.857. The normalized spacial score (nSPS) is 39.9. The summed E-state index contributed by atoms with van der Waals surface area (Å²) in [6, 6.07) is 0. The molecule has 9 nitrogen and oxygen atoms in total. The van der Waals surface area contributed by atoms with Crippen LogP contribution in [0.2, 0.25) is 0 Å². The predicted molar refractivity (Wildman–Crippen MR) is 104 cm³/mol. The molecular weight excluding hydrogens is 413 g/mol. The van der Waals surface area contributed by atoms with E-state index in [2.05, 4.69) is 25.5 Å². The lowest BCUT2D eigenvalue weighted by Gasteiger charge is -2.36. The Hall–Kier alpha value is -2.10. The molecule has 0 aromatic rings. The van der Waals surface area contributed by atoms with Crippen LogP contribution in [0.5, 0.6) is 0 Å². The SMILES string of the molecule is CC(C)[C@@H]1CC[C@@H](C)C[C@H]1OC(=O)O[C@@H](C)OC(=O)[C@H]1[C@@H]2C[C@H](F)[C@@](N)(OC(=O)O)[C@@H]21. The Balaban J connectivity index is 1.50. The number of hydrogen-bond donors (Lipinski definition) is 2. The smallest absolute Gasteiger partial charge is 0.450 e. The lowest BCUT2D eigenvalue weighted by atomic mass is 9.75. The Morgan fingerprint density at radius 3 is 2.42 bits per heavy atom. The summed E-state index contributed by atoms with van der Waals surface area (Å²) in [6.07, 6.45) is -3.06. The number of rotatable bonds is 6. The van der Waals surface area contributed by atoms with Gasteiger partial charge in [-0.1, -0.05) is 27.2 Å². The molecule has 176 valence electrons. The van der Waals surface area contributed by atoms with Gasteiger partial charge in [0.25, 0.3) is 0 Å². The molecule has 0 aliphatic heterocycles. The second kappa shape index (κ2) is 8.80. The van der Waals surface area contributed by atoms with Gasteiger partial charge in [0, 0.05) is 12.8 Å². The summed E-state index contributed by atoms with van der Waals surface area (Å²) < 4.78 is 34.4. The van der Waals surface area contributed by atoms with E-state index in [4.69, 9.17) is 25.1 Å². The number of ether oxygens (including phenoxy) is 4. The fourth-order valence-electron chi connectivity index (χ4n) is 5.32. The zero-order valence-electron chi connectivity index (χ0n) is 18.3. The minimum Gasteiger partial charge on any atom is -0.450 e. The maximum atomic E-state index is 14.1. The van der Waals surface area contributed by atoms with Crippen LogP contribution in [0.4, 0.5) is 14.0 Å². The van der Waals surface area contributed by atoms with Crippen LogP contribution in [0, 0.1) is 35.5 Å². The van der Waals surface area contributed by atoms with Crippen molar-refractivity contribution in [1.82, 2.24) is 0 Å². The summed E-state index contributed by atoms with van der Waals surface area (Å²) in [5.41, 5.74) is 3.71. The highest BCUT2D eigenvalue weighted by molar-refractivity contribution is 5.78. The number of nitrogens with two attached hydrogens (primary N) is 1. The lowest BCUT2D eigenvalue weighted by molar-refractivity contribution is -0.174. The van der Waals surface area contributed by atoms with Crippen LogP contribution in [-0.2, 0) is 23.7 Å². The van der Waals surface area contributed by atoms with E-state index in [9.17, 15) is 18.8 Å². The maximum absolute atomic E-state index is 14.1. The molecule has 0 radical (unpaired) electrons. The third kappa shape index (κ3) is 4.88. The Kier molecular flexibility index (Phi) is 6.69. The molecule has 0 spiro atoms. The number of carbonyl (C=O) groups is 3. The van der Waals surface area contributed by atoms with Crippen LogP contribution < -0.4 is 5.73 Å². The van der Waals surface area contributed by atoms with Gasteiger partial charge in [-0.3, -0.25) is 10.5 Å². The average molecular weight is 445 g/mol. The third-order valence-electron chi connectivity index (χ3n) is 6.95. The van der Waals surface area contributed by atoms with Gasteiger partial charge in [-0.15, -0.1) is 0 Å². The molecule has 9 atom stereocenters. The summed E-state index contributed by atoms with van der Waals surface area (Å²) in [5.74, 6) is -1.77. The Morgan fingerprint density at radius 1 is 1.13 bits per heavy atom. The van der Waals surface area contributed by atoms with Gasteiger partial charge in [0.05, 0.1) is 5.92 Å². The number of alkyl halides is 1. The highest BCUT2D eigenvalue weighted by Crippen LogP contribution is 2.63. The van der Waals surface area contributed by atoms with E-state index < -0.39 is 54.2 Å². The highest BCUT2D eigenvalue weighted by Gasteiger charge is 2.74. The van der Waals surface area contributed by atoms with Crippen molar-refractivity contribution >= 4 is 18.3 Å². The van der Waals surface area contributed by atoms with Crippen LogP contribution in [0.3, 0.4) is 0 Å². The first-order chi connectivity index (χ1) is 14.4. The minimum atomic E-state index is -2.08. The van der Waals surface area contributed by atoms with E-state index in [-0.39, 0.29) is 18.4 Å². The summed E-state index contributed by atoms with van der Waals surface area (Å²) in [7, 11) is 0. The van der Waals surface area contributed by atoms with Gasteiger partial charge in [-0.25, -0.2) is 14.0 Å². The Bertz CT molecular complexity index is 717. The van der Waals surface area contributed by atoms with Crippen LogP contribution in [0.25, 0.3) is 0 Å². The second-order valence-electron chi connectivity index (χ2n) is 9.49. The van der Waals surface area contributed by atoms with E-state index in [0.29, 0.717) is 11.8 Å². The van der Waals surface area contributed by atoms with E-state index in [1.165, 1.54) is 6.92 Å². The van der Waals surface area contributed by atoms with E-state index >= 15 is 0 Å². The van der Waals surface area contributed by atoms with Crippen molar-refractivity contribution in [2.45, 2.75) is 77.7 Å². The number of carbonyl (C=O) groups excluding carboxylic acids is 2. The Labute approximate surface area is 180 Å². The molecule has 0 unspecified atom stereocenters. The molecular formula is C21H32FNO8. The topological polar surface area (TPSA) is 134 Å². The highest BCUT2D eigenvalue weighted by atomic mass is 19.1. The predicted octanol–water partition coefficient (Wildman–Crippen LogP) is 3.44. The number of halogens is 1. The van der Waals surface area contributed by atoms with Crippen LogP contribution in [0.1, 0.15) is 53.4 Å². The van der Waals surface area contributed by atoms with E-state index in [0.717, 1.165) is 19.3 Å². The summed E-state index contributed by atoms with van der Waals surface area (Å²) in [5, 5.41) is 8.81. The van der Waals surface area contributed by atoms with Gasteiger partial charge in [0.1, 0.15) is 6.10 Å². The molecule has 3 saturated carbocycles. The first kappa shape index (κ1) is 23.6. The summed E-state index contributed by atoms with van der Waals surface area (Å²) >= 11 is 0. The van der Waals surface area contributed by atoms with Crippen molar-refractivity contribution < 1.29 is 42.8 Å². The maximum Gasteiger partial charge on any atom is 0.511 e. The molecule has 0 aromatic carbocycles. The van der Waals surface area contributed by atoms with Gasteiger partial charge >= 0.3 is 18.3 Å². The molecule has 3 aliphatic carbocycles. The fourth-order valence-corrected chi connectivity index (χ4v) is 5.32. The van der Waals surface area contributed by atoms with Gasteiger partial charge in [-0.05, 0) is 42.9 Å². The molecule has 3 aliphatic rings. The number of esters is 1. The van der Waals surface area contributed by atoms with Gasteiger partial charge < -0.3 is 24.1 Å². The van der Waals surface area contributed by atoms with Crippen molar-refractivity contribution in [1.29, 1.82) is 0 Å². The molecule has 0 amide bonds. The molecule has 0 saturated heterocycles. The zero-order valence-corrected chi connectivity index (χ0v) is 18.3. The summed E-state index contributed by atoms with van der Waals surface area (Å²) in [4.78, 5) is 35.5. The first-order valence-corrected chi connectivity index (χ1v) is 10.9. The molecule has 31 heavy (non-hydrogen) atoms. The lowest BCUT2D eigenvalue weighted by Crippen LogP contribution is -2.53. The monoisotopic (exact) mass is 445 g/mol. The molecule has 0 aromatic heterocycles. The van der Waals surface area contributed by atoms with Crippen molar-refractivity contribution in [3.63, 3.8) is 0 Å². The molecule has 3 N–H and O–H groups in total. The molecule has 3 fully saturated rings. The zero-order chi connectivity index (χ0) is 23.1. The number of hydrogen-bond acceptors (Lipinski definition) is 8. The third-order valence-corrected chi connectivity index (χ3v) is 6.95. The van der Waals surface area contributed by atoms with Crippen LogP contribution in [0.15, 0.2) is 0 Å².